The molecule has 3 fully saturated rings. The van der Waals surface area contributed by atoms with Crippen molar-refractivity contribution in [2.24, 2.45) is 23.2 Å². The lowest BCUT2D eigenvalue weighted by atomic mass is 9.68. The van der Waals surface area contributed by atoms with Crippen molar-refractivity contribution in [1.82, 2.24) is 4.90 Å². The van der Waals surface area contributed by atoms with Crippen molar-refractivity contribution < 1.29 is 14.3 Å². The Kier molecular flexibility index (Phi) is 5.67. The molecular formula is C21H37NO3. The molecule has 25 heavy (non-hydrogen) atoms. The molecular weight excluding hydrogens is 314 g/mol. The SMILES string of the molecule is CCC1CC2OC(C(OC(=O)N3CCC3)C(C)C)CCC2C1(C)CC. The third-order valence-electron chi connectivity index (χ3n) is 7.49. The molecule has 144 valence electrons. The van der Waals surface area contributed by atoms with Gasteiger partial charge in [0.2, 0.25) is 0 Å². The molecule has 0 aromatic rings. The highest BCUT2D eigenvalue weighted by Gasteiger charge is 2.53. The lowest BCUT2D eigenvalue weighted by molar-refractivity contribution is -0.145. The Morgan fingerprint density at radius 1 is 1.28 bits per heavy atom. The van der Waals surface area contributed by atoms with Crippen LogP contribution in [0.3, 0.4) is 0 Å². The maximum atomic E-state index is 12.3. The Labute approximate surface area is 153 Å². The molecule has 0 bridgehead atoms. The topological polar surface area (TPSA) is 38.8 Å². The van der Waals surface area contributed by atoms with Crippen molar-refractivity contribution in [2.45, 2.75) is 91.5 Å². The van der Waals surface area contributed by atoms with E-state index in [0.717, 1.165) is 31.8 Å². The van der Waals surface area contributed by atoms with Gasteiger partial charge in [0.15, 0.2) is 0 Å². The first-order valence-electron chi connectivity index (χ1n) is 10.5. The second-order valence-electron chi connectivity index (χ2n) is 9.03. The van der Waals surface area contributed by atoms with Gasteiger partial charge in [-0.25, -0.2) is 4.79 Å². The Balaban J connectivity index is 1.66. The van der Waals surface area contributed by atoms with E-state index in [1.807, 2.05) is 0 Å². The van der Waals surface area contributed by atoms with Gasteiger partial charge in [0.05, 0.1) is 12.2 Å². The molecule has 3 aliphatic rings. The first-order chi connectivity index (χ1) is 11.9. The minimum Gasteiger partial charge on any atom is -0.443 e. The molecule has 6 unspecified atom stereocenters. The number of carbonyl (C=O) groups excluding carboxylic acids is 1. The highest BCUT2D eigenvalue weighted by molar-refractivity contribution is 5.68. The fourth-order valence-corrected chi connectivity index (χ4v) is 5.50. The minimum absolute atomic E-state index is 0.0585. The average Bonchev–Trinajstić information content (AvgIpc) is 2.83. The number of amides is 1. The summed E-state index contributed by atoms with van der Waals surface area (Å²) in [5.41, 5.74) is 0.409. The zero-order chi connectivity index (χ0) is 18.2. The zero-order valence-electron chi connectivity index (χ0n) is 16.8. The molecule has 0 N–H and O–H groups in total. The van der Waals surface area contributed by atoms with Gasteiger partial charge in [-0.15, -0.1) is 0 Å². The maximum Gasteiger partial charge on any atom is 0.410 e. The second-order valence-corrected chi connectivity index (χ2v) is 9.03. The molecule has 2 heterocycles. The van der Waals surface area contributed by atoms with E-state index in [1.165, 1.54) is 25.7 Å². The fraction of sp³-hybridized carbons (Fsp3) is 0.952. The largest absolute Gasteiger partial charge is 0.443 e. The Hall–Kier alpha value is -0.770. The summed E-state index contributed by atoms with van der Waals surface area (Å²) in [5.74, 6) is 1.71. The molecule has 0 aromatic heterocycles. The first-order valence-corrected chi connectivity index (χ1v) is 10.5. The van der Waals surface area contributed by atoms with Gasteiger partial charge in [-0.05, 0) is 48.9 Å². The highest BCUT2D eigenvalue weighted by Crippen LogP contribution is 2.56. The van der Waals surface area contributed by atoms with Crippen LogP contribution in [0.2, 0.25) is 0 Å². The van der Waals surface area contributed by atoms with E-state index in [-0.39, 0.29) is 24.2 Å². The smallest absolute Gasteiger partial charge is 0.410 e. The summed E-state index contributed by atoms with van der Waals surface area (Å²) in [6, 6.07) is 0. The average molecular weight is 352 g/mol. The van der Waals surface area contributed by atoms with Crippen molar-refractivity contribution in [1.29, 1.82) is 0 Å². The van der Waals surface area contributed by atoms with E-state index in [0.29, 0.717) is 17.4 Å². The summed E-state index contributed by atoms with van der Waals surface area (Å²) in [6.45, 7) is 13.1. The summed E-state index contributed by atoms with van der Waals surface area (Å²) in [4.78, 5) is 14.1. The van der Waals surface area contributed by atoms with Gasteiger partial charge in [0, 0.05) is 13.1 Å². The van der Waals surface area contributed by atoms with E-state index in [2.05, 4.69) is 34.6 Å². The molecule has 0 aromatic carbocycles. The predicted octanol–water partition coefficient (Wildman–Crippen LogP) is 4.86. The molecule has 0 radical (unpaired) electrons. The van der Waals surface area contributed by atoms with E-state index >= 15 is 0 Å². The molecule has 0 spiro atoms. The van der Waals surface area contributed by atoms with Crippen LogP contribution in [0, 0.1) is 23.2 Å². The van der Waals surface area contributed by atoms with Crippen LogP contribution in [0.1, 0.15) is 73.1 Å². The Morgan fingerprint density at radius 2 is 2.00 bits per heavy atom. The van der Waals surface area contributed by atoms with E-state index in [9.17, 15) is 4.79 Å². The van der Waals surface area contributed by atoms with Crippen LogP contribution >= 0.6 is 0 Å². The second kappa shape index (κ2) is 7.46. The number of ether oxygens (including phenoxy) is 2. The summed E-state index contributed by atoms with van der Waals surface area (Å²) in [6.07, 6.45) is 7.10. The van der Waals surface area contributed by atoms with Crippen LogP contribution in [0.25, 0.3) is 0 Å². The third kappa shape index (κ3) is 3.43. The maximum absolute atomic E-state index is 12.3. The van der Waals surface area contributed by atoms with Gasteiger partial charge in [-0.3, -0.25) is 0 Å². The van der Waals surface area contributed by atoms with E-state index < -0.39 is 0 Å². The number of fused-ring (bicyclic) bond motifs is 1. The molecule has 1 aliphatic carbocycles. The van der Waals surface area contributed by atoms with Gasteiger partial charge < -0.3 is 14.4 Å². The van der Waals surface area contributed by atoms with Crippen LogP contribution in [0.5, 0.6) is 0 Å². The van der Waals surface area contributed by atoms with Crippen LogP contribution in [0.15, 0.2) is 0 Å². The van der Waals surface area contributed by atoms with Crippen molar-refractivity contribution in [3.63, 3.8) is 0 Å². The van der Waals surface area contributed by atoms with Gasteiger partial charge in [-0.1, -0.05) is 47.5 Å². The van der Waals surface area contributed by atoms with Crippen LogP contribution in [-0.4, -0.2) is 42.4 Å². The summed E-state index contributed by atoms with van der Waals surface area (Å²) in [7, 11) is 0. The Bertz CT molecular complexity index is 476. The summed E-state index contributed by atoms with van der Waals surface area (Å²) < 4.78 is 12.5. The lowest BCUT2D eigenvalue weighted by Crippen LogP contribution is -2.49. The van der Waals surface area contributed by atoms with Gasteiger partial charge in [-0.2, -0.15) is 0 Å². The molecule has 4 nitrogen and oxygen atoms in total. The number of hydrogen-bond donors (Lipinski definition) is 0. The first kappa shape index (κ1) is 19.0. The number of likely N-dealkylation sites (tertiary alicyclic amines) is 1. The number of rotatable bonds is 5. The molecule has 6 atom stereocenters. The third-order valence-corrected chi connectivity index (χ3v) is 7.49. The standard InChI is InChI=1S/C21H37NO3/c1-6-15-13-18-16(21(15,5)7-2)9-10-17(24-18)19(14(3)4)25-20(23)22-11-8-12-22/h14-19H,6-13H2,1-5H3. The minimum atomic E-state index is -0.146. The number of hydrogen-bond acceptors (Lipinski definition) is 3. The van der Waals surface area contributed by atoms with Crippen LogP contribution in [0.4, 0.5) is 4.79 Å². The van der Waals surface area contributed by atoms with E-state index in [4.69, 9.17) is 9.47 Å². The molecule has 4 heteroatoms. The summed E-state index contributed by atoms with van der Waals surface area (Å²) >= 11 is 0. The fourth-order valence-electron chi connectivity index (χ4n) is 5.50. The molecule has 1 saturated carbocycles. The van der Waals surface area contributed by atoms with Gasteiger partial charge in [0.1, 0.15) is 6.10 Å². The molecule has 2 saturated heterocycles. The lowest BCUT2D eigenvalue weighted by Gasteiger charge is -2.43. The quantitative estimate of drug-likeness (QED) is 0.710. The number of carbonyl (C=O) groups is 1. The van der Waals surface area contributed by atoms with E-state index in [1.54, 1.807) is 4.90 Å². The zero-order valence-corrected chi connectivity index (χ0v) is 16.8. The van der Waals surface area contributed by atoms with Crippen molar-refractivity contribution in [2.75, 3.05) is 13.1 Å². The van der Waals surface area contributed by atoms with Gasteiger partial charge in [0.25, 0.3) is 0 Å². The molecule has 1 amide bonds. The van der Waals surface area contributed by atoms with Crippen LogP contribution < -0.4 is 0 Å². The van der Waals surface area contributed by atoms with Crippen LogP contribution in [-0.2, 0) is 9.47 Å². The molecule has 3 rings (SSSR count). The Morgan fingerprint density at radius 3 is 2.52 bits per heavy atom. The van der Waals surface area contributed by atoms with Crippen molar-refractivity contribution >= 4 is 6.09 Å². The van der Waals surface area contributed by atoms with Gasteiger partial charge >= 0.3 is 6.09 Å². The van der Waals surface area contributed by atoms with Crippen molar-refractivity contribution in [3.8, 4) is 0 Å². The van der Waals surface area contributed by atoms with Crippen molar-refractivity contribution in [3.05, 3.63) is 0 Å². The highest BCUT2D eigenvalue weighted by atomic mass is 16.6. The predicted molar refractivity (Wildman–Crippen MR) is 99.5 cm³/mol. The number of nitrogens with zero attached hydrogens (tertiary/aromatic N) is 1. The molecule has 2 aliphatic heterocycles. The normalized spacial score (nSPS) is 39.0. The summed E-state index contributed by atoms with van der Waals surface area (Å²) in [5, 5.41) is 0. The monoisotopic (exact) mass is 351 g/mol.